The molecule has 1 aliphatic carbocycles. The number of halogens is 3. The standard InChI is InChI=1S/C18H15P.C13H19NSi.C5H5.CHF3O3S.NO.Re/c1-4-10-16(11-5-1)19(17-12-6-2-7-13-17)18-14-8-3-9-15-18;1-15(2,3)10-12-9-8-11-6-4-5-7-13(11)14-12;1-2-4-5-3-1;2-1(3,4)8(5,6)7;1-2;/h1-15H;4-9,12,14H,10H2,1-3H3;1-5H;(H,5,6,7);;/q;;;;-1;/p-1. The summed E-state index contributed by atoms with van der Waals surface area (Å²) in [5, 5.41) is 7.80. The van der Waals surface area contributed by atoms with Crippen LogP contribution in [0.2, 0.25) is 25.7 Å². The minimum absolute atomic E-state index is 0. The normalized spacial score (nSPS) is 14.6. The van der Waals surface area contributed by atoms with E-state index in [2.05, 4.69) is 152 Å². The molecular formula is C37H39F3N2O4PReSSi-2. The summed E-state index contributed by atoms with van der Waals surface area (Å²) >= 11 is 0. The third kappa shape index (κ3) is 16.8. The molecule has 0 bridgehead atoms. The first kappa shape index (κ1) is 45.1. The Morgan fingerprint density at radius 1 is 0.700 bits per heavy atom. The molecule has 0 saturated heterocycles. The van der Waals surface area contributed by atoms with Crippen molar-refractivity contribution in [2.75, 3.05) is 5.32 Å². The summed E-state index contributed by atoms with van der Waals surface area (Å²) in [5.74, 6) is 0. The van der Waals surface area contributed by atoms with Gasteiger partial charge in [-0.05, 0) is 73.6 Å². The molecule has 6 radical (unpaired) electrons. The van der Waals surface area contributed by atoms with Crippen LogP contribution < -0.4 is 21.2 Å². The molecule has 0 amide bonds. The Labute approximate surface area is 310 Å². The summed E-state index contributed by atoms with van der Waals surface area (Å²) in [6.45, 7) is 7.26. The Morgan fingerprint density at radius 3 is 1.38 bits per heavy atom. The van der Waals surface area contributed by atoms with E-state index >= 15 is 0 Å². The fraction of sp³-hybridized carbons (Fsp3) is 0.162. The average Bonchev–Trinajstić information content (AvgIpc) is 3.67. The van der Waals surface area contributed by atoms with Gasteiger partial charge in [-0.15, -0.1) is 0 Å². The van der Waals surface area contributed by atoms with Crippen molar-refractivity contribution >= 4 is 53.8 Å². The third-order valence-electron chi connectivity index (χ3n) is 6.52. The Kier molecular flexibility index (Phi) is 20.5. The molecule has 50 heavy (non-hydrogen) atoms. The van der Waals surface area contributed by atoms with Gasteiger partial charge < -0.3 is 20.4 Å². The van der Waals surface area contributed by atoms with Crippen molar-refractivity contribution in [1.82, 2.24) is 0 Å². The van der Waals surface area contributed by atoms with Crippen LogP contribution in [-0.4, -0.2) is 32.6 Å². The molecule has 6 nitrogen and oxygen atoms in total. The maximum Gasteiger partial charge on any atom is 0.485 e. The fourth-order valence-electron chi connectivity index (χ4n) is 4.52. The second kappa shape index (κ2) is 22.8. The largest absolute Gasteiger partial charge is 0.741 e. The van der Waals surface area contributed by atoms with Gasteiger partial charge in [-0.3, -0.25) is 0 Å². The summed E-state index contributed by atoms with van der Waals surface area (Å²) in [6.07, 6.45) is 14.6. The number of para-hydroxylation sites is 1. The zero-order valence-corrected chi connectivity index (χ0v) is 33.2. The number of nitroso groups, excluding NO2 is 1. The molecule has 0 spiro atoms. The molecule has 1 fully saturated rings. The number of fused-ring (bicyclic) bond motifs is 1. The molecule has 6 rings (SSSR count). The monoisotopic (exact) mass is 910 g/mol. The van der Waals surface area contributed by atoms with Gasteiger partial charge >= 0.3 is 5.51 Å². The molecule has 13 heteroatoms. The number of hydrogen-bond acceptors (Lipinski definition) is 5. The molecule has 1 unspecified atom stereocenters. The van der Waals surface area contributed by atoms with Crippen LogP contribution in [0.15, 0.2) is 121 Å². The number of alkyl halides is 3. The number of rotatable bonds is 5. The molecule has 1 atom stereocenters. The second-order valence-corrected chi connectivity index (χ2v) is 20.8. The molecule has 0 aromatic heterocycles. The number of anilines is 1. The first-order chi connectivity index (χ1) is 23.2. The summed E-state index contributed by atoms with van der Waals surface area (Å²) in [4.78, 5) is 7.25. The van der Waals surface area contributed by atoms with Crippen molar-refractivity contribution in [3.05, 3.63) is 170 Å². The van der Waals surface area contributed by atoms with Gasteiger partial charge in [-0.25, -0.2) is 8.42 Å². The number of benzene rings is 4. The van der Waals surface area contributed by atoms with E-state index in [0.29, 0.717) is 6.04 Å². The smallest absolute Gasteiger partial charge is 0.485 e. The topological polar surface area (TPSA) is 109 Å². The van der Waals surface area contributed by atoms with E-state index in [1.807, 2.05) is 32.1 Å². The van der Waals surface area contributed by atoms with Gasteiger partial charge in [-0.1, -0.05) is 141 Å². The summed E-state index contributed by atoms with van der Waals surface area (Å²) in [7, 11) is -7.52. The van der Waals surface area contributed by atoms with E-state index in [-0.39, 0.29) is 20.4 Å². The van der Waals surface area contributed by atoms with Gasteiger partial charge in [0, 0.05) is 40.2 Å². The molecule has 2 aliphatic rings. The zero-order valence-electron chi connectivity index (χ0n) is 27.7. The molecule has 4 aromatic carbocycles. The van der Waals surface area contributed by atoms with Crippen molar-refractivity contribution in [1.29, 1.82) is 0 Å². The van der Waals surface area contributed by atoms with Crippen LogP contribution in [0.3, 0.4) is 0 Å². The fourth-order valence-corrected chi connectivity index (χ4v) is 8.38. The predicted molar refractivity (Wildman–Crippen MR) is 200 cm³/mol. The van der Waals surface area contributed by atoms with E-state index < -0.39 is 31.6 Å². The van der Waals surface area contributed by atoms with E-state index in [1.54, 1.807) is 0 Å². The molecule has 1 N–H and O–H groups in total. The van der Waals surface area contributed by atoms with Crippen LogP contribution in [0.25, 0.3) is 11.7 Å². The van der Waals surface area contributed by atoms with E-state index in [9.17, 15) is 13.2 Å². The van der Waals surface area contributed by atoms with Gasteiger partial charge in [0.25, 0.3) is 0 Å². The van der Waals surface area contributed by atoms with Crippen LogP contribution in [0, 0.1) is 37.0 Å². The zero-order chi connectivity index (χ0) is 36.3. The minimum atomic E-state index is -6.09. The minimum Gasteiger partial charge on any atom is -0.741 e. The van der Waals surface area contributed by atoms with Gasteiger partial charge in [0.15, 0.2) is 10.1 Å². The number of nitrogens with one attached hydrogen (secondary N) is 1. The van der Waals surface area contributed by atoms with Gasteiger partial charge in [-0.2, -0.15) is 13.2 Å². The second-order valence-electron chi connectivity index (χ2n) is 11.7. The number of hydrogen-bond donors (Lipinski definition) is 1. The van der Waals surface area contributed by atoms with Crippen molar-refractivity contribution in [2.24, 2.45) is 0 Å². The van der Waals surface area contributed by atoms with E-state index in [4.69, 9.17) is 23.5 Å². The van der Waals surface area contributed by atoms with Crippen LogP contribution in [-0.2, 0) is 30.5 Å². The summed E-state index contributed by atoms with van der Waals surface area (Å²) in [6, 6.07) is 42.7. The van der Waals surface area contributed by atoms with Crippen molar-refractivity contribution < 1.29 is 46.6 Å². The molecule has 4 aromatic rings. The van der Waals surface area contributed by atoms with E-state index in [0.717, 1.165) is 0 Å². The first-order valence-electron chi connectivity index (χ1n) is 15.1. The maximum absolute atomic E-state index is 10.7. The molecule has 266 valence electrons. The molecule has 1 heterocycles. The van der Waals surface area contributed by atoms with E-state index in [1.165, 1.54) is 33.2 Å². The van der Waals surface area contributed by atoms with Gasteiger partial charge in [0.05, 0.1) is 0 Å². The van der Waals surface area contributed by atoms with Gasteiger partial charge in [0.2, 0.25) is 0 Å². The van der Waals surface area contributed by atoms with Crippen LogP contribution in [0.4, 0.5) is 18.9 Å². The SMILES string of the molecule is C[Si](C)(C)CC1C=Cc2ccccc2N1.O=S(=O)([O-])C(F)(F)F.[CH]1[CH][CH][CH][CH]1.[N-]=O.[Re].c1ccc(P(c2ccccc2)c2ccccc2)cc1. The predicted octanol–water partition coefficient (Wildman–Crippen LogP) is 8.67. The molecule has 1 aliphatic heterocycles. The van der Waals surface area contributed by atoms with Gasteiger partial charge in [0.1, 0.15) is 0 Å². The first-order valence-corrected chi connectivity index (χ1v) is 21.6. The van der Waals surface area contributed by atoms with Crippen molar-refractivity contribution in [3.8, 4) is 0 Å². The maximum atomic E-state index is 10.7. The van der Waals surface area contributed by atoms with Crippen LogP contribution in [0.1, 0.15) is 5.56 Å². The van der Waals surface area contributed by atoms with Crippen molar-refractivity contribution in [3.63, 3.8) is 0 Å². The van der Waals surface area contributed by atoms with Crippen molar-refractivity contribution in [2.45, 2.75) is 37.2 Å². The molecule has 1 saturated carbocycles. The quantitative estimate of drug-likeness (QED) is 0.0934. The Bertz CT molecular complexity index is 1540. The van der Waals surface area contributed by atoms with Crippen LogP contribution in [0.5, 0.6) is 0 Å². The summed E-state index contributed by atoms with van der Waals surface area (Å²) < 4.78 is 58.9. The Balaban J connectivity index is 0.000000358. The summed E-state index contributed by atoms with van der Waals surface area (Å²) in [5.41, 5.74) is 2.69. The Hall–Kier alpha value is -2.97. The third-order valence-corrected chi connectivity index (χ3v) is 11.2. The average molecular weight is 910 g/mol. The molecular weight excluding hydrogens is 871 g/mol. The number of nitrogens with zero attached hydrogens (tertiary/aromatic N) is 1. The Morgan fingerprint density at radius 2 is 1.04 bits per heavy atom. The van der Waals surface area contributed by atoms with Crippen LogP contribution >= 0.6 is 7.92 Å².